The standard InChI is InChI=1S/C23H31N5O3/c1-4-17(15-29-5-2)28(3)20-14-16(6-10-24-20)22-21-19(26-27-22)7-11-25-23(21)31-18-8-12-30-13-9-18/h6-7,10-11,14,17-18H,4-5,8-9,12-13,15H2,1-3H3,(H,26,27)/t17-/m0/s1. The highest BCUT2D eigenvalue weighted by Gasteiger charge is 2.21. The third kappa shape index (κ3) is 4.80. The number of nitrogens with one attached hydrogen (secondary N) is 1. The Morgan fingerprint density at radius 2 is 2.00 bits per heavy atom. The lowest BCUT2D eigenvalue weighted by Gasteiger charge is -2.28. The summed E-state index contributed by atoms with van der Waals surface area (Å²) in [5, 5.41) is 8.62. The Hall–Kier alpha value is -2.71. The van der Waals surface area contributed by atoms with Gasteiger partial charge in [0.05, 0.1) is 36.8 Å². The summed E-state index contributed by atoms with van der Waals surface area (Å²) in [6, 6.07) is 6.22. The summed E-state index contributed by atoms with van der Waals surface area (Å²) < 4.78 is 17.4. The molecule has 4 heterocycles. The molecule has 1 atom stereocenters. The fourth-order valence-corrected chi connectivity index (χ4v) is 3.89. The molecule has 31 heavy (non-hydrogen) atoms. The molecule has 0 aliphatic carbocycles. The molecule has 0 spiro atoms. The van der Waals surface area contributed by atoms with E-state index in [1.165, 1.54) is 0 Å². The summed E-state index contributed by atoms with van der Waals surface area (Å²) in [5.74, 6) is 1.50. The first kappa shape index (κ1) is 21.5. The normalized spacial score (nSPS) is 15.8. The number of hydrogen-bond donors (Lipinski definition) is 1. The fraction of sp³-hybridized carbons (Fsp3) is 0.522. The zero-order chi connectivity index (χ0) is 21.6. The molecule has 1 aliphatic rings. The molecule has 0 radical (unpaired) electrons. The van der Waals surface area contributed by atoms with Crippen molar-refractivity contribution < 1.29 is 14.2 Å². The van der Waals surface area contributed by atoms with Crippen LogP contribution >= 0.6 is 0 Å². The summed E-state index contributed by atoms with van der Waals surface area (Å²) in [6.07, 6.45) is 6.40. The molecule has 0 unspecified atom stereocenters. The second-order valence-electron chi connectivity index (χ2n) is 7.78. The molecule has 0 aromatic carbocycles. The first-order valence-electron chi connectivity index (χ1n) is 11.1. The van der Waals surface area contributed by atoms with Crippen LogP contribution in [0.5, 0.6) is 5.88 Å². The van der Waals surface area contributed by atoms with Gasteiger partial charge >= 0.3 is 0 Å². The first-order valence-corrected chi connectivity index (χ1v) is 11.1. The largest absolute Gasteiger partial charge is 0.474 e. The van der Waals surface area contributed by atoms with E-state index in [2.05, 4.69) is 45.1 Å². The highest BCUT2D eigenvalue weighted by Crippen LogP contribution is 2.34. The molecule has 3 aromatic rings. The molecular formula is C23H31N5O3. The van der Waals surface area contributed by atoms with E-state index >= 15 is 0 Å². The van der Waals surface area contributed by atoms with Gasteiger partial charge in [-0.15, -0.1) is 0 Å². The Morgan fingerprint density at radius 3 is 2.77 bits per heavy atom. The minimum absolute atomic E-state index is 0.109. The molecule has 8 nitrogen and oxygen atoms in total. The molecule has 1 N–H and O–H groups in total. The number of hydrogen-bond acceptors (Lipinski definition) is 7. The number of aromatic amines is 1. The number of nitrogens with zero attached hydrogens (tertiary/aromatic N) is 4. The number of likely N-dealkylation sites (N-methyl/N-ethyl adjacent to an activating group) is 1. The summed E-state index contributed by atoms with van der Waals surface area (Å²) in [7, 11) is 2.06. The quantitative estimate of drug-likeness (QED) is 0.558. The molecule has 1 fully saturated rings. The van der Waals surface area contributed by atoms with Gasteiger partial charge < -0.3 is 19.1 Å². The van der Waals surface area contributed by atoms with Crippen molar-refractivity contribution in [1.82, 2.24) is 20.2 Å². The molecule has 1 aliphatic heterocycles. The van der Waals surface area contributed by atoms with Crippen LogP contribution in [0.1, 0.15) is 33.1 Å². The summed E-state index contributed by atoms with van der Waals surface area (Å²) in [4.78, 5) is 11.3. The van der Waals surface area contributed by atoms with Crippen LogP contribution in [-0.4, -0.2) is 65.8 Å². The van der Waals surface area contributed by atoms with E-state index in [1.807, 2.05) is 25.3 Å². The maximum atomic E-state index is 6.27. The minimum atomic E-state index is 0.109. The molecule has 0 saturated carbocycles. The van der Waals surface area contributed by atoms with Crippen molar-refractivity contribution >= 4 is 16.7 Å². The van der Waals surface area contributed by atoms with E-state index in [9.17, 15) is 0 Å². The van der Waals surface area contributed by atoms with E-state index in [0.717, 1.165) is 60.5 Å². The van der Waals surface area contributed by atoms with Gasteiger partial charge in [0.2, 0.25) is 5.88 Å². The van der Waals surface area contributed by atoms with Crippen molar-refractivity contribution in [2.45, 2.75) is 45.3 Å². The van der Waals surface area contributed by atoms with Crippen molar-refractivity contribution in [3.63, 3.8) is 0 Å². The van der Waals surface area contributed by atoms with Gasteiger partial charge in [0.25, 0.3) is 0 Å². The summed E-state index contributed by atoms with van der Waals surface area (Å²) >= 11 is 0. The molecule has 166 valence electrons. The Morgan fingerprint density at radius 1 is 1.19 bits per heavy atom. The second-order valence-corrected chi connectivity index (χ2v) is 7.78. The molecule has 0 bridgehead atoms. The maximum absolute atomic E-state index is 6.27. The zero-order valence-electron chi connectivity index (χ0n) is 18.5. The third-order valence-corrected chi connectivity index (χ3v) is 5.80. The second kappa shape index (κ2) is 10.1. The molecule has 8 heteroatoms. The van der Waals surface area contributed by atoms with Crippen LogP contribution in [0.25, 0.3) is 22.2 Å². The summed E-state index contributed by atoms with van der Waals surface area (Å²) in [6.45, 7) is 7.01. The zero-order valence-corrected chi connectivity index (χ0v) is 18.5. The third-order valence-electron chi connectivity index (χ3n) is 5.80. The van der Waals surface area contributed by atoms with Crippen molar-refractivity contribution in [1.29, 1.82) is 0 Å². The lowest BCUT2D eigenvalue weighted by molar-refractivity contribution is 0.0244. The topological polar surface area (TPSA) is 85.4 Å². The highest BCUT2D eigenvalue weighted by molar-refractivity contribution is 5.96. The van der Waals surface area contributed by atoms with Gasteiger partial charge in [0.15, 0.2) is 0 Å². The van der Waals surface area contributed by atoms with E-state index in [0.29, 0.717) is 19.1 Å². The minimum Gasteiger partial charge on any atom is -0.474 e. The summed E-state index contributed by atoms with van der Waals surface area (Å²) in [5.41, 5.74) is 2.70. The predicted octanol–water partition coefficient (Wildman–Crippen LogP) is 3.83. The van der Waals surface area contributed by atoms with Gasteiger partial charge in [-0.1, -0.05) is 6.92 Å². The maximum Gasteiger partial charge on any atom is 0.225 e. The Bertz CT molecular complexity index is 986. The average molecular weight is 426 g/mol. The lowest BCUT2D eigenvalue weighted by Crippen LogP contribution is -2.35. The molecule has 0 amide bonds. The molecular weight excluding hydrogens is 394 g/mol. The van der Waals surface area contributed by atoms with E-state index in [1.54, 1.807) is 6.20 Å². The van der Waals surface area contributed by atoms with Crippen LogP contribution in [0.4, 0.5) is 5.82 Å². The number of rotatable bonds is 9. The van der Waals surface area contributed by atoms with Crippen LogP contribution in [0.15, 0.2) is 30.6 Å². The smallest absolute Gasteiger partial charge is 0.225 e. The highest BCUT2D eigenvalue weighted by atomic mass is 16.5. The van der Waals surface area contributed by atoms with Crippen molar-refractivity contribution in [2.24, 2.45) is 0 Å². The Balaban J connectivity index is 1.65. The van der Waals surface area contributed by atoms with Crippen LogP contribution in [0.3, 0.4) is 0 Å². The van der Waals surface area contributed by atoms with Gasteiger partial charge in [0.1, 0.15) is 17.6 Å². The van der Waals surface area contributed by atoms with Gasteiger partial charge in [0, 0.05) is 44.5 Å². The molecule has 3 aromatic heterocycles. The van der Waals surface area contributed by atoms with E-state index in [4.69, 9.17) is 14.2 Å². The Kier molecular flexibility index (Phi) is 6.99. The van der Waals surface area contributed by atoms with Gasteiger partial charge in [-0.2, -0.15) is 5.10 Å². The van der Waals surface area contributed by atoms with Gasteiger partial charge in [-0.25, -0.2) is 9.97 Å². The van der Waals surface area contributed by atoms with Crippen molar-refractivity contribution in [2.75, 3.05) is 38.4 Å². The Labute approximate surface area is 182 Å². The van der Waals surface area contributed by atoms with Gasteiger partial charge in [-0.05, 0) is 31.5 Å². The first-order chi connectivity index (χ1) is 15.2. The van der Waals surface area contributed by atoms with Gasteiger partial charge in [-0.3, -0.25) is 5.10 Å². The fourth-order valence-electron chi connectivity index (χ4n) is 3.89. The van der Waals surface area contributed by atoms with Crippen LogP contribution < -0.4 is 9.64 Å². The van der Waals surface area contributed by atoms with Crippen molar-refractivity contribution in [3.8, 4) is 17.1 Å². The number of aromatic nitrogens is 4. The SMILES string of the molecule is CCOC[C@H](CC)N(C)c1cc(-c2n[nH]c3ccnc(OC4CCOCC4)c23)ccn1. The number of ether oxygens (including phenoxy) is 3. The lowest BCUT2D eigenvalue weighted by atomic mass is 10.1. The van der Waals surface area contributed by atoms with Crippen molar-refractivity contribution in [3.05, 3.63) is 30.6 Å². The monoisotopic (exact) mass is 425 g/mol. The molecule has 4 rings (SSSR count). The predicted molar refractivity (Wildman–Crippen MR) is 121 cm³/mol. The van der Waals surface area contributed by atoms with E-state index < -0.39 is 0 Å². The number of pyridine rings is 2. The van der Waals surface area contributed by atoms with E-state index in [-0.39, 0.29) is 12.1 Å². The molecule has 1 saturated heterocycles. The average Bonchev–Trinajstić information content (AvgIpc) is 3.25. The van der Waals surface area contributed by atoms with Crippen LogP contribution in [0, 0.1) is 0 Å². The number of H-pyrrole nitrogens is 1. The number of fused-ring (bicyclic) bond motifs is 1. The van der Waals surface area contributed by atoms with Crippen LogP contribution in [0.2, 0.25) is 0 Å². The number of anilines is 1. The van der Waals surface area contributed by atoms with Crippen LogP contribution in [-0.2, 0) is 9.47 Å².